The van der Waals surface area contributed by atoms with E-state index in [9.17, 15) is 0 Å². The quantitative estimate of drug-likeness (QED) is 0.708. The van der Waals surface area contributed by atoms with Crippen LogP contribution in [0.3, 0.4) is 0 Å². The summed E-state index contributed by atoms with van der Waals surface area (Å²) in [5.74, 6) is 1.37. The van der Waals surface area contributed by atoms with Gasteiger partial charge in [0.05, 0.1) is 7.11 Å². The van der Waals surface area contributed by atoms with E-state index in [0.29, 0.717) is 23.1 Å². The summed E-state index contributed by atoms with van der Waals surface area (Å²) in [4.78, 5) is 0. The molecule has 2 rings (SSSR count). The van der Waals surface area contributed by atoms with E-state index in [1.165, 1.54) is 5.56 Å². The Morgan fingerprint density at radius 1 is 1.09 bits per heavy atom. The summed E-state index contributed by atoms with van der Waals surface area (Å²) >= 11 is 6.37. The largest absolute Gasteiger partial charge is 0.493 e. The molecule has 0 aliphatic rings. The number of methoxy groups -OCH3 is 1. The third-order valence-corrected chi connectivity index (χ3v) is 4.07. The van der Waals surface area contributed by atoms with Crippen LogP contribution in [-0.2, 0) is 13.2 Å². The fraction of sp³-hybridized carbons (Fsp3) is 0.368. The van der Waals surface area contributed by atoms with Gasteiger partial charge in [0, 0.05) is 17.6 Å². The average Bonchev–Trinajstić information content (AvgIpc) is 2.56. The van der Waals surface area contributed by atoms with Gasteiger partial charge in [0.2, 0.25) is 0 Å². The van der Waals surface area contributed by atoms with Crippen molar-refractivity contribution in [3.05, 3.63) is 58.1 Å². The van der Waals surface area contributed by atoms with Gasteiger partial charge in [-0.05, 0) is 42.6 Å². The van der Waals surface area contributed by atoms with Crippen LogP contribution in [0, 0.1) is 6.92 Å². The zero-order chi connectivity index (χ0) is 16.7. The minimum Gasteiger partial charge on any atom is -0.493 e. The predicted octanol–water partition coefficient (Wildman–Crippen LogP) is 4.74. The summed E-state index contributed by atoms with van der Waals surface area (Å²) in [6.07, 6.45) is 1.09. The number of halogens is 1. The molecule has 0 heterocycles. The van der Waals surface area contributed by atoms with Crippen LogP contribution in [0.5, 0.6) is 11.5 Å². The van der Waals surface area contributed by atoms with Gasteiger partial charge < -0.3 is 14.8 Å². The molecule has 0 unspecified atom stereocenters. The summed E-state index contributed by atoms with van der Waals surface area (Å²) in [7, 11) is 1.65. The highest BCUT2D eigenvalue weighted by molar-refractivity contribution is 6.31. The number of benzene rings is 2. The van der Waals surface area contributed by atoms with Crippen molar-refractivity contribution < 1.29 is 9.47 Å². The molecular formula is C19H24ClNO2. The Kier molecular flexibility index (Phi) is 6.75. The van der Waals surface area contributed by atoms with Gasteiger partial charge in [0.25, 0.3) is 0 Å². The Hall–Kier alpha value is -1.71. The molecule has 0 saturated heterocycles. The van der Waals surface area contributed by atoms with Gasteiger partial charge in [-0.25, -0.2) is 0 Å². The first kappa shape index (κ1) is 17.6. The van der Waals surface area contributed by atoms with Gasteiger partial charge in [-0.15, -0.1) is 0 Å². The van der Waals surface area contributed by atoms with Gasteiger partial charge in [-0.1, -0.05) is 42.8 Å². The van der Waals surface area contributed by atoms with Crippen LogP contribution in [-0.4, -0.2) is 13.7 Å². The molecule has 0 radical (unpaired) electrons. The maximum Gasteiger partial charge on any atom is 0.163 e. The molecule has 0 aliphatic carbocycles. The summed E-state index contributed by atoms with van der Waals surface area (Å²) in [5, 5.41) is 4.04. The minimum atomic E-state index is 0.493. The van der Waals surface area contributed by atoms with Gasteiger partial charge in [0.15, 0.2) is 11.5 Å². The first-order valence-electron chi connectivity index (χ1n) is 7.90. The Balaban J connectivity index is 2.12. The molecule has 0 aliphatic heterocycles. The van der Waals surface area contributed by atoms with Crippen LogP contribution < -0.4 is 14.8 Å². The number of aryl methyl sites for hydroxylation is 1. The molecule has 0 atom stereocenters. The van der Waals surface area contributed by atoms with E-state index in [1.54, 1.807) is 7.11 Å². The third-order valence-electron chi connectivity index (χ3n) is 3.72. The van der Waals surface area contributed by atoms with E-state index in [2.05, 4.69) is 31.3 Å². The van der Waals surface area contributed by atoms with Gasteiger partial charge >= 0.3 is 0 Å². The van der Waals surface area contributed by atoms with E-state index in [0.717, 1.165) is 30.6 Å². The predicted molar refractivity (Wildman–Crippen MR) is 95.5 cm³/mol. The fourth-order valence-corrected chi connectivity index (χ4v) is 2.53. The van der Waals surface area contributed by atoms with E-state index < -0.39 is 0 Å². The topological polar surface area (TPSA) is 30.5 Å². The molecule has 0 spiro atoms. The summed E-state index contributed by atoms with van der Waals surface area (Å²) in [6.45, 7) is 6.39. The van der Waals surface area contributed by atoms with E-state index in [4.69, 9.17) is 21.1 Å². The molecule has 4 heteroatoms. The monoisotopic (exact) mass is 333 g/mol. The Morgan fingerprint density at radius 2 is 1.87 bits per heavy atom. The van der Waals surface area contributed by atoms with Crippen molar-refractivity contribution in [2.24, 2.45) is 0 Å². The number of nitrogens with one attached hydrogen (secondary N) is 1. The van der Waals surface area contributed by atoms with Crippen molar-refractivity contribution >= 4 is 11.6 Å². The van der Waals surface area contributed by atoms with Crippen molar-refractivity contribution in [1.82, 2.24) is 5.32 Å². The molecule has 2 aromatic carbocycles. The minimum absolute atomic E-state index is 0.493. The van der Waals surface area contributed by atoms with Crippen LogP contribution in [0.25, 0.3) is 0 Å². The van der Waals surface area contributed by atoms with Crippen molar-refractivity contribution in [2.75, 3.05) is 13.7 Å². The second kappa shape index (κ2) is 8.80. The van der Waals surface area contributed by atoms with Gasteiger partial charge in [-0.3, -0.25) is 0 Å². The van der Waals surface area contributed by atoms with Crippen molar-refractivity contribution in [3.8, 4) is 11.5 Å². The van der Waals surface area contributed by atoms with E-state index >= 15 is 0 Å². The van der Waals surface area contributed by atoms with Crippen LogP contribution in [0.2, 0.25) is 5.02 Å². The average molecular weight is 334 g/mol. The third kappa shape index (κ3) is 4.88. The van der Waals surface area contributed by atoms with Gasteiger partial charge in [0.1, 0.15) is 6.61 Å². The molecule has 0 saturated carbocycles. The lowest BCUT2D eigenvalue weighted by Crippen LogP contribution is -2.14. The maximum atomic E-state index is 6.37. The van der Waals surface area contributed by atoms with Crippen LogP contribution in [0.15, 0.2) is 36.4 Å². The van der Waals surface area contributed by atoms with Crippen LogP contribution >= 0.6 is 11.6 Å². The lowest BCUT2D eigenvalue weighted by atomic mass is 10.1. The molecule has 2 aromatic rings. The second-order valence-corrected chi connectivity index (χ2v) is 5.89. The SMILES string of the molecule is CCCNCc1cc(OC)c(OCc2ccccc2C)cc1Cl. The van der Waals surface area contributed by atoms with E-state index in [-0.39, 0.29) is 0 Å². The lowest BCUT2D eigenvalue weighted by molar-refractivity contribution is 0.283. The van der Waals surface area contributed by atoms with Gasteiger partial charge in [-0.2, -0.15) is 0 Å². The Labute approximate surface area is 143 Å². The summed E-state index contributed by atoms with van der Waals surface area (Å²) in [6, 6.07) is 11.9. The fourth-order valence-electron chi connectivity index (χ4n) is 2.31. The first-order valence-corrected chi connectivity index (χ1v) is 8.28. The molecule has 1 N–H and O–H groups in total. The number of hydrogen-bond donors (Lipinski definition) is 1. The molecule has 3 nitrogen and oxygen atoms in total. The van der Waals surface area contributed by atoms with Crippen LogP contribution in [0.4, 0.5) is 0 Å². The molecule has 0 bridgehead atoms. The standard InChI is InChI=1S/C19H24ClNO2/c1-4-9-21-12-16-10-18(22-3)19(11-17(16)20)23-13-15-8-6-5-7-14(15)2/h5-8,10-11,21H,4,9,12-13H2,1-3H3. The molecule has 23 heavy (non-hydrogen) atoms. The van der Waals surface area contributed by atoms with Crippen molar-refractivity contribution in [3.63, 3.8) is 0 Å². The number of rotatable bonds is 8. The number of ether oxygens (including phenoxy) is 2. The maximum absolute atomic E-state index is 6.37. The molecule has 124 valence electrons. The smallest absolute Gasteiger partial charge is 0.163 e. The van der Waals surface area contributed by atoms with Crippen molar-refractivity contribution in [1.29, 1.82) is 0 Å². The molecule has 0 aromatic heterocycles. The first-order chi connectivity index (χ1) is 11.2. The zero-order valence-corrected chi connectivity index (χ0v) is 14.7. The second-order valence-electron chi connectivity index (χ2n) is 5.49. The summed E-state index contributed by atoms with van der Waals surface area (Å²) < 4.78 is 11.4. The van der Waals surface area contributed by atoms with E-state index in [1.807, 2.05) is 24.3 Å². The Morgan fingerprint density at radius 3 is 2.57 bits per heavy atom. The van der Waals surface area contributed by atoms with Crippen LogP contribution in [0.1, 0.15) is 30.0 Å². The summed E-state index contributed by atoms with van der Waals surface area (Å²) in [5.41, 5.74) is 3.37. The molecule has 0 amide bonds. The molecule has 0 fully saturated rings. The zero-order valence-electron chi connectivity index (χ0n) is 14.0. The highest BCUT2D eigenvalue weighted by Gasteiger charge is 2.11. The lowest BCUT2D eigenvalue weighted by Gasteiger charge is -2.15. The molecular weight excluding hydrogens is 310 g/mol. The number of hydrogen-bond acceptors (Lipinski definition) is 3. The highest BCUT2D eigenvalue weighted by Crippen LogP contribution is 2.34. The highest BCUT2D eigenvalue weighted by atomic mass is 35.5. The van der Waals surface area contributed by atoms with Crippen molar-refractivity contribution in [2.45, 2.75) is 33.4 Å². The Bertz CT molecular complexity index is 643. The normalized spacial score (nSPS) is 10.6.